The summed E-state index contributed by atoms with van der Waals surface area (Å²) in [7, 11) is 0. The van der Waals surface area contributed by atoms with Gasteiger partial charge in [-0.2, -0.15) is 0 Å². The van der Waals surface area contributed by atoms with E-state index in [0.29, 0.717) is 38.6 Å². The van der Waals surface area contributed by atoms with Crippen LogP contribution in [0, 0.1) is 5.92 Å². The predicted octanol–water partition coefficient (Wildman–Crippen LogP) is 0.419. The number of aliphatic carboxylic acids is 1. The Labute approximate surface area is 119 Å². The Balaban J connectivity index is 1.93. The zero-order valence-corrected chi connectivity index (χ0v) is 12.2. The molecule has 3 atom stereocenters. The van der Waals surface area contributed by atoms with Crippen LogP contribution in [0.25, 0.3) is 0 Å². The molecule has 2 aliphatic rings. The summed E-state index contributed by atoms with van der Waals surface area (Å²) in [5.74, 6) is -0.397. The maximum Gasteiger partial charge on any atom is 0.320 e. The van der Waals surface area contributed by atoms with Gasteiger partial charge in [-0.25, -0.2) is 0 Å². The number of piperidine rings is 1. The van der Waals surface area contributed by atoms with E-state index < -0.39 is 12.0 Å². The van der Waals surface area contributed by atoms with Gasteiger partial charge in [0.25, 0.3) is 0 Å². The standard InChI is InChI=1S/C14H24N2O4/c1-10-3-4-15(12(7-10)14(18)19)9-13(17)16-5-6-20-11(2)8-16/h10-12H,3-9H2,1-2H3,(H,18,19). The summed E-state index contributed by atoms with van der Waals surface area (Å²) < 4.78 is 5.42. The normalized spacial score (nSPS) is 32.1. The second-order valence-electron chi connectivity index (χ2n) is 5.98. The number of carbonyl (C=O) groups is 2. The van der Waals surface area contributed by atoms with Gasteiger partial charge in [0.2, 0.25) is 5.91 Å². The monoisotopic (exact) mass is 284 g/mol. The van der Waals surface area contributed by atoms with Crippen molar-refractivity contribution < 1.29 is 19.4 Å². The molecule has 20 heavy (non-hydrogen) atoms. The van der Waals surface area contributed by atoms with Crippen LogP contribution >= 0.6 is 0 Å². The molecule has 0 aliphatic carbocycles. The Morgan fingerprint density at radius 3 is 2.70 bits per heavy atom. The lowest BCUT2D eigenvalue weighted by molar-refractivity contribution is -0.148. The van der Waals surface area contributed by atoms with Gasteiger partial charge in [-0.3, -0.25) is 14.5 Å². The van der Waals surface area contributed by atoms with Gasteiger partial charge in [0.15, 0.2) is 0 Å². The molecular weight excluding hydrogens is 260 g/mol. The lowest BCUT2D eigenvalue weighted by atomic mass is 9.92. The highest BCUT2D eigenvalue weighted by molar-refractivity contribution is 5.80. The van der Waals surface area contributed by atoms with E-state index in [2.05, 4.69) is 6.92 Å². The van der Waals surface area contributed by atoms with Crippen LogP contribution in [-0.2, 0) is 14.3 Å². The van der Waals surface area contributed by atoms with E-state index in [1.807, 2.05) is 11.8 Å². The van der Waals surface area contributed by atoms with Gasteiger partial charge >= 0.3 is 5.97 Å². The Morgan fingerprint density at radius 1 is 1.30 bits per heavy atom. The summed E-state index contributed by atoms with van der Waals surface area (Å²) in [5, 5.41) is 9.31. The largest absolute Gasteiger partial charge is 0.480 e. The van der Waals surface area contributed by atoms with Crippen LogP contribution in [0.3, 0.4) is 0 Å². The van der Waals surface area contributed by atoms with Crippen LogP contribution in [0.1, 0.15) is 26.7 Å². The molecular formula is C14H24N2O4. The number of carboxylic acids is 1. The maximum absolute atomic E-state index is 12.3. The minimum Gasteiger partial charge on any atom is -0.480 e. The maximum atomic E-state index is 12.3. The summed E-state index contributed by atoms with van der Waals surface area (Å²) in [4.78, 5) is 27.2. The third-order valence-corrected chi connectivity index (χ3v) is 4.19. The highest BCUT2D eigenvalue weighted by Gasteiger charge is 2.34. The first-order valence-electron chi connectivity index (χ1n) is 7.33. The van der Waals surface area contributed by atoms with Gasteiger partial charge < -0.3 is 14.7 Å². The Hall–Kier alpha value is -1.14. The number of carbonyl (C=O) groups excluding carboxylic acids is 1. The SMILES string of the molecule is CC1CCN(CC(=O)N2CCOC(C)C2)C(C(=O)O)C1. The number of morpholine rings is 1. The van der Waals surface area contributed by atoms with Gasteiger partial charge in [0, 0.05) is 13.1 Å². The van der Waals surface area contributed by atoms with E-state index in [1.54, 1.807) is 4.90 Å². The van der Waals surface area contributed by atoms with E-state index >= 15 is 0 Å². The third-order valence-electron chi connectivity index (χ3n) is 4.19. The summed E-state index contributed by atoms with van der Waals surface area (Å²) in [6.07, 6.45) is 1.64. The highest BCUT2D eigenvalue weighted by atomic mass is 16.5. The molecule has 6 nitrogen and oxygen atoms in total. The number of hydrogen-bond acceptors (Lipinski definition) is 4. The number of carboxylic acid groups (broad SMARTS) is 1. The molecule has 3 unspecified atom stereocenters. The molecule has 0 spiro atoms. The molecule has 1 N–H and O–H groups in total. The van der Waals surface area contributed by atoms with E-state index in [1.165, 1.54) is 0 Å². The molecule has 0 aromatic carbocycles. The number of ether oxygens (including phenoxy) is 1. The number of hydrogen-bond donors (Lipinski definition) is 1. The molecule has 0 radical (unpaired) electrons. The lowest BCUT2D eigenvalue weighted by Crippen LogP contribution is -2.53. The van der Waals surface area contributed by atoms with Crippen LogP contribution in [0.4, 0.5) is 0 Å². The van der Waals surface area contributed by atoms with Crippen molar-refractivity contribution in [2.45, 2.75) is 38.8 Å². The van der Waals surface area contributed by atoms with E-state index in [9.17, 15) is 14.7 Å². The molecule has 0 aromatic rings. The van der Waals surface area contributed by atoms with Crippen molar-refractivity contribution in [2.75, 3.05) is 32.8 Å². The Bertz CT molecular complexity index is 374. The first-order valence-corrected chi connectivity index (χ1v) is 7.33. The van der Waals surface area contributed by atoms with Crippen molar-refractivity contribution in [1.29, 1.82) is 0 Å². The highest BCUT2D eigenvalue weighted by Crippen LogP contribution is 2.22. The zero-order valence-electron chi connectivity index (χ0n) is 12.2. The fraction of sp³-hybridized carbons (Fsp3) is 0.857. The van der Waals surface area contributed by atoms with E-state index in [0.717, 1.165) is 6.42 Å². The molecule has 2 aliphatic heterocycles. The fourth-order valence-electron chi connectivity index (χ4n) is 2.96. The molecule has 0 aromatic heterocycles. The van der Waals surface area contributed by atoms with Crippen molar-refractivity contribution >= 4 is 11.9 Å². The van der Waals surface area contributed by atoms with Crippen LogP contribution < -0.4 is 0 Å². The van der Waals surface area contributed by atoms with Crippen molar-refractivity contribution in [3.63, 3.8) is 0 Å². The molecule has 2 saturated heterocycles. The topological polar surface area (TPSA) is 70.1 Å². The van der Waals surface area contributed by atoms with Crippen LogP contribution in [-0.4, -0.2) is 71.7 Å². The molecule has 2 rings (SSSR count). The van der Waals surface area contributed by atoms with Crippen molar-refractivity contribution in [3.8, 4) is 0 Å². The van der Waals surface area contributed by atoms with Crippen molar-refractivity contribution in [2.24, 2.45) is 5.92 Å². The number of amides is 1. The number of nitrogens with zero attached hydrogens (tertiary/aromatic N) is 2. The predicted molar refractivity (Wildman–Crippen MR) is 73.4 cm³/mol. The zero-order chi connectivity index (χ0) is 14.7. The first kappa shape index (κ1) is 15.3. The second-order valence-corrected chi connectivity index (χ2v) is 5.98. The molecule has 6 heteroatoms. The van der Waals surface area contributed by atoms with Gasteiger partial charge in [0.1, 0.15) is 6.04 Å². The van der Waals surface area contributed by atoms with Crippen molar-refractivity contribution in [3.05, 3.63) is 0 Å². The average molecular weight is 284 g/mol. The number of likely N-dealkylation sites (tertiary alicyclic amines) is 1. The Morgan fingerprint density at radius 2 is 2.05 bits per heavy atom. The fourth-order valence-corrected chi connectivity index (χ4v) is 2.96. The third kappa shape index (κ3) is 3.70. The summed E-state index contributed by atoms with van der Waals surface area (Å²) in [6.45, 7) is 6.67. The van der Waals surface area contributed by atoms with Crippen molar-refractivity contribution in [1.82, 2.24) is 9.80 Å². The first-order chi connectivity index (χ1) is 9.47. The van der Waals surface area contributed by atoms with Gasteiger partial charge in [-0.1, -0.05) is 6.92 Å². The van der Waals surface area contributed by atoms with Crippen LogP contribution in [0.5, 0.6) is 0 Å². The average Bonchev–Trinajstić information content (AvgIpc) is 2.40. The van der Waals surface area contributed by atoms with Gasteiger partial charge in [0.05, 0.1) is 19.3 Å². The van der Waals surface area contributed by atoms with E-state index in [-0.39, 0.29) is 18.6 Å². The second kappa shape index (κ2) is 6.54. The molecule has 114 valence electrons. The molecule has 0 saturated carbocycles. The smallest absolute Gasteiger partial charge is 0.320 e. The molecule has 1 amide bonds. The van der Waals surface area contributed by atoms with Crippen LogP contribution in [0.15, 0.2) is 0 Å². The molecule has 2 heterocycles. The van der Waals surface area contributed by atoms with Gasteiger partial charge in [-0.15, -0.1) is 0 Å². The summed E-state index contributed by atoms with van der Waals surface area (Å²) in [6, 6.07) is -0.527. The number of rotatable bonds is 3. The minimum absolute atomic E-state index is 0.0148. The minimum atomic E-state index is -0.820. The Kier molecular flexibility index (Phi) is 4.99. The van der Waals surface area contributed by atoms with Gasteiger partial charge in [-0.05, 0) is 32.2 Å². The lowest BCUT2D eigenvalue weighted by Gasteiger charge is -2.38. The molecule has 0 bridgehead atoms. The molecule has 2 fully saturated rings. The van der Waals surface area contributed by atoms with Crippen LogP contribution in [0.2, 0.25) is 0 Å². The summed E-state index contributed by atoms with van der Waals surface area (Å²) >= 11 is 0. The van der Waals surface area contributed by atoms with E-state index in [4.69, 9.17) is 4.74 Å². The quantitative estimate of drug-likeness (QED) is 0.813. The summed E-state index contributed by atoms with van der Waals surface area (Å²) in [5.41, 5.74) is 0.